The summed E-state index contributed by atoms with van der Waals surface area (Å²) in [6.45, 7) is 4.47. The van der Waals surface area contributed by atoms with Crippen molar-refractivity contribution in [3.8, 4) is 0 Å². The van der Waals surface area contributed by atoms with Crippen LogP contribution in [0.4, 0.5) is 0 Å². The number of likely N-dealkylation sites (N-methyl/N-ethyl adjacent to an activating group) is 1. The first-order valence-corrected chi connectivity index (χ1v) is 7.50. The SMILES string of the molecule is COCCN(C)CCNCc1ccc(CC(=O)OC)s1. The highest BCUT2D eigenvalue weighted by molar-refractivity contribution is 7.12. The van der Waals surface area contributed by atoms with Crippen molar-refractivity contribution in [2.45, 2.75) is 13.0 Å². The van der Waals surface area contributed by atoms with E-state index >= 15 is 0 Å². The number of thiophene rings is 1. The van der Waals surface area contributed by atoms with Gasteiger partial charge >= 0.3 is 5.97 Å². The second-order valence-corrected chi connectivity index (χ2v) is 5.85. The molecule has 0 saturated carbocycles. The number of hydrogen-bond acceptors (Lipinski definition) is 6. The summed E-state index contributed by atoms with van der Waals surface area (Å²) in [5.41, 5.74) is 0. The van der Waals surface area contributed by atoms with E-state index in [2.05, 4.69) is 28.1 Å². The second-order valence-electron chi connectivity index (χ2n) is 4.59. The highest BCUT2D eigenvalue weighted by Gasteiger charge is 2.06. The van der Waals surface area contributed by atoms with Gasteiger partial charge in [-0.05, 0) is 19.2 Å². The van der Waals surface area contributed by atoms with Crippen LogP contribution in [0, 0.1) is 0 Å². The Balaban J connectivity index is 2.17. The number of carbonyl (C=O) groups excluding carboxylic acids is 1. The molecule has 0 bridgehead atoms. The van der Waals surface area contributed by atoms with Crippen LogP contribution in [0.5, 0.6) is 0 Å². The van der Waals surface area contributed by atoms with Gasteiger partial charge in [-0.2, -0.15) is 0 Å². The fourth-order valence-electron chi connectivity index (χ4n) is 1.67. The minimum Gasteiger partial charge on any atom is -0.469 e. The third kappa shape index (κ3) is 7.00. The van der Waals surface area contributed by atoms with Gasteiger partial charge in [0.05, 0.1) is 20.1 Å². The second kappa shape index (κ2) is 9.88. The molecule has 1 N–H and O–H groups in total. The van der Waals surface area contributed by atoms with E-state index in [1.807, 2.05) is 6.07 Å². The van der Waals surface area contributed by atoms with E-state index in [0.29, 0.717) is 6.42 Å². The zero-order valence-corrected chi connectivity index (χ0v) is 13.3. The van der Waals surface area contributed by atoms with E-state index in [0.717, 1.165) is 37.7 Å². The zero-order valence-electron chi connectivity index (χ0n) is 12.5. The minimum atomic E-state index is -0.189. The monoisotopic (exact) mass is 300 g/mol. The molecule has 1 aromatic rings. The molecule has 0 fully saturated rings. The topological polar surface area (TPSA) is 50.8 Å². The highest BCUT2D eigenvalue weighted by atomic mass is 32.1. The smallest absolute Gasteiger partial charge is 0.310 e. The molecule has 1 rings (SSSR count). The van der Waals surface area contributed by atoms with Crippen molar-refractivity contribution in [1.29, 1.82) is 0 Å². The van der Waals surface area contributed by atoms with Crippen molar-refractivity contribution >= 4 is 17.3 Å². The first-order valence-electron chi connectivity index (χ1n) is 6.68. The molecular weight excluding hydrogens is 276 g/mol. The van der Waals surface area contributed by atoms with Crippen molar-refractivity contribution in [2.75, 3.05) is 47.5 Å². The molecule has 0 spiro atoms. The number of rotatable bonds is 10. The average molecular weight is 300 g/mol. The molecule has 0 aliphatic heterocycles. The standard InChI is InChI=1S/C14H24N2O3S/c1-16(8-9-18-2)7-6-15-11-13-5-4-12(20-13)10-14(17)19-3/h4-5,15H,6-11H2,1-3H3. The number of hydrogen-bond donors (Lipinski definition) is 1. The van der Waals surface area contributed by atoms with E-state index < -0.39 is 0 Å². The van der Waals surface area contributed by atoms with E-state index in [-0.39, 0.29) is 5.97 Å². The van der Waals surface area contributed by atoms with Gasteiger partial charge in [0, 0.05) is 43.0 Å². The van der Waals surface area contributed by atoms with Crippen LogP contribution in [0.2, 0.25) is 0 Å². The van der Waals surface area contributed by atoms with Gasteiger partial charge < -0.3 is 19.7 Å². The molecule has 1 aromatic heterocycles. The van der Waals surface area contributed by atoms with Gasteiger partial charge in [-0.15, -0.1) is 11.3 Å². The van der Waals surface area contributed by atoms with Crippen LogP contribution < -0.4 is 5.32 Å². The van der Waals surface area contributed by atoms with Gasteiger partial charge in [0.1, 0.15) is 0 Å². The number of nitrogens with zero attached hydrogens (tertiary/aromatic N) is 1. The Morgan fingerprint density at radius 1 is 1.30 bits per heavy atom. The Labute approximate surface area is 124 Å². The fourth-order valence-corrected chi connectivity index (χ4v) is 2.64. The summed E-state index contributed by atoms with van der Waals surface area (Å²) in [5, 5.41) is 3.40. The Hall–Kier alpha value is -0.950. The summed E-state index contributed by atoms with van der Waals surface area (Å²) in [6, 6.07) is 4.05. The lowest BCUT2D eigenvalue weighted by molar-refractivity contribution is -0.139. The maximum absolute atomic E-state index is 11.2. The van der Waals surface area contributed by atoms with Crippen molar-refractivity contribution in [1.82, 2.24) is 10.2 Å². The van der Waals surface area contributed by atoms with Crippen LogP contribution in [-0.2, 0) is 27.2 Å². The summed E-state index contributed by atoms with van der Waals surface area (Å²) in [5.74, 6) is -0.189. The maximum Gasteiger partial charge on any atom is 0.310 e. The largest absolute Gasteiger partial charge is 0.469 e. The first kappa shape index (κ1) is 17.1. The van der Waals surface area contributed by atoms with E-state index in [9.17, 15) is 4.79 Å². The number of nitrogens with one attached hydrogen (secondary N) is 1. The molecule has 5 nitrogen and oxygen atoms in total. The zero-order chi connectivity index (χ0) is 14.8. The Morgan fingerprint density at radius 3 is 2.75 bits per heavy atom. The van der Waals surface area contributed by atoms with Crippen molar-refractivity contribution < 1.29 is 14.3 Å². The Morgan fingerprint density at radius 2 is 2.05 bits per heavy atom. The predicted molar refractivity (Wildman–Crippen MR) is 81.1 cm³/mol. The Bertz CT molecular complexity index is 396. The van der Waals surface area contributed by atoms with Crippen LogP contribution in [-0.4, -0.2) is 58.4 Å². The predicted octanol–water partition coefficient (Wildman–Crippen LogP) is 1.13. The fraction of sp³-hybridized carbons (Fsp3) is 0.643. The average Bonchev–Trinajstić information content (AvgIpc) is 2.88. The van der Waals surface area contributed by atoms with E-state index in [4.69, 9.17) is 4.74 Å². The molecule has 0 amide bonds. The maximum atomic E-state index is 11.2. The van der Waals surface area contributed by atoms with Gasteiger partial charge in [-0.1, -0.05) is 0 Å². The third-order valence-electron chi connectivity index (χ3n) is 2.91. The van der Waals surface area contributed by atoms with E-state index in [1.54, 1.807) is 18.4 Å². The van der Waals surface area contributed by atoms with Crippen LogP contribution in [0.15, 0.2) is 12.1 Å². The quantitative estimate of drug-likeness (QED) is 0.518. The molecule has 6 heteroatoms. The highest BCUT2D eigenvalue weighted by Crippen LogP contribution is 2.17. The molecular formula is C14H24N2O3S. The van der Waals surface area contributed by atoms with Crippen LogP contribution in [0.3, 0.4) is 0 Å². The van der Waals surface area contributed by atoms with Crippen LogP contribution >= 0.6 is 11.3 Å². The molecule has 0 radical (unpaired) electrons. The molecule has 0 aliphatic rings. The third-order valence-corrected chi connectivity index (χ3v) is 4.00. The van der Waals surface area contributed by atoms with Gasteiger partial charge in [-0.3, -0.25) is 4.79 Å². The van der Waals surface area contributed by atoms with Gasteiger partial charge in [0.2, 0.25) is 0 Å². The van der Waals surface area contributed by atoms with Crippen LogP contribution in [0.1, 0.15) is 9.75 Å². The molecule has 0 aromatic carbocycles. The summed E-state index contributed by atoms with van der Waals surface area (Å²) < 4.78 is 9.69. The van der Waals surface area contributed by atoms with Crippen molar-refractivity contribution in [2.24, 2.45) is 0 Å². The molecule has 114 valence electrons. The van der Waals surface area contributed by atoms with Gasteiger partial charge in [0.25, 0.3) is 0 Å². The molecule has 0 atom stereocenters. The molecule has 1 heterocycles. The Kier molecular flexibility index (Phi) is 8.45. The van der Waals surface area contributed by atoms with Crippen molar-refractivity contribution in [3.05, 3.63) is 21.9 Å². The lowest BCUT2D eigenvalue weighted by Crippen LogP contribution is -2.31. The van der Waals surface area contributed by atoms with Crippen LogP contribution in [0.25, 0.3) is 0 Å². The van der Waals surface area contributed by atoms with Crippen molar-refractivity contribution in [3.63, 3.8) is 0 Å². The summed E-state index contributed by atoms with van der Waals surface area (Å²) in [6.07, 6.45) is 0.362. The molecule has 0 aliphatic carbocycles. The summed E-state index contributed by atoms with van der Waals surface area (Å²) in [4.78, 5) is 15.7. The molecule has 20 heavy (non-hydrogen) atoms. The first-order chi connectivity index (χ1) is 9.65. The summed E-state index contributed by atoms with van der Waals surface area (Å²) >= 11 is 1.65. The van der Waals surface area contributed by atoms with Gasteiger partial charge in [-0.25, -0.2) is 0 Å². The lowest BCUT2D eigenvalue weighted by atomic mass is 10.3. The van der Waals surface area contributed by atoms with Gasteiger partial charge in [0.15, 0.2) is 0 Å². The number of carbonyl (C=O) groups is 1. The summed E-state index contributed by atoms with van der Waals surface area (Å²) in [7, 11) is 5.22. The lowest BCUT2D eigenvalue weighted by Gasteiger charge is -2.15. The normalized spacial score (nSPS) is 11.0. The minimum absolute atomic E-state index is 0.189. The number of esters is 1. The molecule has 0 unspecified atom stereocenters. The number of ether oxygens (including phenoxy) is 2. The molecule has 0 saturated heterocycles. The number of methoxy groups -OCH3 is 2. The van der Waals surface area contributed by atoms with E-state index in [1.165, 1.54) is 12.0 Å².